The van der Waals surface area contributed by atoms with Crippen LogP contribution in [0.5, 0.6) is 0 Å². The summed E-state index contributed by atoms with van der Waals surface area (Å²) in [7, 11) is 0. The van der Waals surface area contributed by atoms with E-state index in [1.54, 1.807) is 0 Å². The Morgan fingerprint density at radius 2 is 2.06 bits per heavy atom. The third kappa shape index (κ3) is 2.12. The van der Waals surface area contributed by atoms with Gasteiger partial charge in [-0.3, -0.25) is 0 Å². The van der Waals surface area contributed by atoms with Crippen molar-refractivity contribution in [2.24, 2.45) is 5.92 Å². The number of rotatable bonds is 2. The lowest BCUT2D eigenvalue weighted by Gasteiger charge is -2.16. The molecule has 0 fully saturated rings. The van der Waals surface area contributed by atoms with Gasteiger partial charge < -0.3 is 4.79 Å². The highest BCUT2D eigenvalue weighted by Crippen LogP contribution is 2.46. The lowest BCUT2D eigenvalue weighted by Crippen LogP contribution is -2.06. The van der Waals surface area contributed by atoms with Crippen molar-refractivity contribution in [3.8, 4) is 0 Å². The Hall–Kier alpha value is -0.150. The van der Waals surface area contributed by atoms with Gasteiger partial charge in [0, 0.05) is 14.9 Å². The zero-order chi connectivity index (χ0) is 12.7. The van der Waals surface area contributed by atoms with E-state index in [0.717, 1.165) is 21.7 Å². The summed E-state index contributed by atoms with van der Waals surface area (Å²) in [6, 6.07) is 2.19. The molecule has 0 heterocycles. The van der Waals surface area contributed by atoms with E-state index >= 15 is 0 Å². The number of fused-ring (bicyclic) bond motifs is 1. The summed E-state index contributed by atoms with van der Waals surface area (Å²) in [5.41, 5.74) is 3.77. The van der Waals surface area contributed by atoms with E-state index in [1.165, 1.54) is 16.7 Å². The highest BCUT2D eigenvalue weighted by Gasteiger charge is 2.33. The van der Waals surface area contributed by atoms with Gasteiger partial charge in [-0.1, -0.05) is 52.6 Å². The normalized spacial score (nSPS) is 22.9. The quantitative estimate of drug-likeness (QED) is 0.692. The molecule has 0 aromatic heterocycles. The lowest BCUT2D eigenvalue weighted by molar-refractivity contribution is -0.109. The van der Waals surface area contributed by atoms with E-state index < -0.39 is 0 Å². The van der Waals surface area contributed by atoms with E-state index in [9.17, 15) is 4.79 Å². The van der Waals surface area contributed by atoms with Gasteiger partial charge >= 0.3 is 0 Å². The van der Waals surface area contributed by atoms with Crippen LogP contribution in [0, 0.1) is 5.92 Å². The average molecular weight is 360 g/mol. The van der Waals surface area contributed by atoms with Crippen LogP contribution in [-0.4, -0.2) is 6.29 Å². The molecule has 1 aromatic rings. The number of hydrogen-bond acceptors (Lipinski definition) is 1. The molecule has 1 aliphatic carbocycles. The van der Waals surface area contributed by atoms with Gasteiger partial charge in [-0.2, -0.15) is 0 Å². The molecule has 1 nitrogen and oxygen atoms in total. The molecule has 0 aliphatic heterocycles. The third-order valence-electron chi connectivity index (χ3n) is 3.63. The molecule has 0 saturated heterocycles. The van der Waals surface area contributed by atoms with Crippen LogP contribution in [0.2, 0.25) is 0 Å². The van der Waals surface area contributed by atoms with Gasteiger partial charge in [0.05, 0.1) is 0 Å². The Morgan fingerprint density at radius 3 is 2.59 bits per heavy atom. The van der Waals surface area contributed by atoms with Gasteiger partial charge in [-0.05, 0) is 41.0 Å². The molecule has 0 bridgehead atoms. The fraction of sp³-hybridized carbons (Fsp3) is 0.500. The molecule has 1 aliphatic rings. The summed E-state index contributed by atoms with van der Waals surface area (Å²) in [5.74, 6) is 0.890. The van der Waals surface area contributed by atoms with Crippen LogP contribution >= 0.6 is 31.9 Å². The number of halogens is 2. The second kappa shape index (κ2) is 4.85. The van der Waals surface area contributed by atoms with Crippen LogP contribution in [0.25, 0.3) is 0 Å². The maximum Gasteiger partial charge on any atom is 0.127 e. The van der Waals surface area contributed by atoms with Crippen molar-refractivity contribution in [2.75, 3.05) is 0 Å². The Kier molecular flexibility index (Phi) is 3.79. The minimum atomic E-state index is 0.0365. The second-order valence-corrected chi connectivity index (χ2v) is 6.80. The fourth-order valence-corrected chi connectivity index (χ4v) is 4.31. The minimum Gasteiger partial charge on any atom is -0.303 e. The Balaban J connectivity index is 2.67. The van der Waals surface area contributed by atoms with Gasteiger partial charge in [-0.15, -0.1) is 0 Å². The van der Waals surface area contributed by atoms with E-state index in [4.69, 9.17) is 0 Å². The molecule has 2 rings (SSSR count). The third-order valence-corrected chi connectivity index (χ3v) is 5.22. The smallest absolute Gasteiger partial charge is 0.127 e. The summed E-state index contributed by atoms with van der Waals surface area (Å²) >= 11 is 7.34. The van der Waals surface area contributed by atoms with Gasteiger partial charge in [0.2, 0.25) is 0 Å². The largest absolute Gasteiger partial charge is 0.303 e. The SMILES string of the molecule is CC(C)c1cc(Br)c2c(c1Br)C(C=O)C(C)C2. The topological polar surface area (TPSA) is 17.1 Å². The van der Waals surface area contributed by atoms with Crippen molar-refractivity contribution in [3.05, 3.63) is 31.7 Å². The molecule has 17 heavy (non-hydrogen) atoms. The minimum absolute atomic E-state index is 0.0365. The van der Waals surface area contributed by atoms with Gasteiger partial charge in [0.15, 0.2) is 0 Å². The highest BCUT2D eigenvalue weighted by atomic mass is 79.9. The number of carbonyl (C=O) groups is 1. The second-order valence-electron chi connectivity index (χ2n) is 5.15. The first kappa shape index (κ1) is 13.3. The van der Waals surface area contributed by atoms with Crippen LogP contribution in [0.1, 0.15) is 49.3 Å². The van der Waals surface area contributed by atoms with Gasteiger partial charge in [0.25, 0.3) is 0 Å². The molecule has 0 saturated carbocycles. The maximum absolute atomic E-state index is 11.3. The maximum atomic E-state index is 11.3. The van der Waals surface area contributed by atoms with Crippen molar-refractivity contribution in [1.82, 2.24) is 0 Å². The van der Waals surface area contributed by atoms with E-state index in [-0.39, 0.29) is 5.92 Å². The predicted octanol–water partition coefficient (Wildman–Crippen LogP) is 4.81. The van der Waals surface area contributed by atoms with Gasteiger partial charge in [-0.25, -0.2) is 0 Å². The number of aldehydes is 1. The molecule has 3 heteroatoms. The molecule has 0 spiro atoms. The molecule has 2 unspecified atom stereocenters. The summed E-state index contributed by atoms with van der Waals surface area (Å²) in [6.07, 6.45) is 2.08. The van der Waals surface area contributed by atoms with Crippen LogP contribution in [0.4, 0.5) is 0 Å². The van der Waals surface area contributed by atoms with E-state index in [1.807, 2.05) is 0 Å². The van der Waals surface area contributed by atoms with E-state index in [2.05, 4.69) is 58.7 Å². The van der Waals surface area contributed by atoms with Crippen molar-refractivity contribution >= 4 is 38.1 Å². The Bertz CT molecular complexity index is 466. The van der Waals surface area contributed by atoms with Crippen LogP contribution in [0.3, 0.4) is 0 Å². The molecule has 0 radical (unpaired) electrons. The van der Waals surface area contributed by atoms with Gasteiger partial charge in [0.1, 0.15) is 6.29 Å². The molecular weight excluding hydrogens is 344 g/mol. The average Bonchev–Trinajstić information content (AvgIpc) is 2.60. The molecule has 0 amide bonds. The lowest BCUT2D eigenvalue weighted by atomic mass is 9.93. The summed E-state index contributed by atoms with van der Waals surface area (Å²) in [6.45, 7) is 6.49. The first-order chi connectivity index (χ1) is 7.97. The fourth-order valence-electron chi connectivity index (χ4n) is 2.61. The van der Waals surface area contributed by atoms with Crippen LogP contribution < -0.4 is 0 Å². The number of carbonyl (C=O) groups excluding carboxylic acids is 1. The summed E-state index contributed by atoms with van der Waals surface area (Å²) in [4.78, 5) is 11.3. The Labute approximate surface area is 119 Å². The Morgan fingerprint density at radius 1 is 1.41 bits per heavy atom. The molecule has 0 N–H and O–H groups in total. The highest BCUT2D eigenvalue weighted by molar-refractivity contribution is 9.11. The monoisotopic (exact) mass is 358 g/mol. The summed E-state index contributed by atoms with van der Waals surface area (Å²) < 4.78 is 2.28. The predicted molar refractivity (Wildman–Crippen MR) is 77.6 cm³/mol. The van der Waals surface area contributed by atoms with Crippen LogP contribution in [-0.2, 0) is 11.2 Å². The molecule has 92 valence electrons. The number of benzene rings is 1. The van der Waals surface area contributed by atoms with Crippen molar-refractivity contribution in [3.63, 3.8) is 0 Å². The van der Waals surface area contributed by atoms with Crippen LogP contribution in [0.15, 0.2) is 15.0 Å². The standard InChI is InChI=1S/C14H16Br2O/c1-7(2)9-5-12(15)10-4-8(3)11(6-17)13(10)14(9)16/h5-8,11H,4H2,1-3H3. The van der Waals surface area contributed by atoms with E-state index in [0.29, 0.717) is 11.8 Å². The molecule has 1 aromatic carbocycles. The number of hydrogen-bond donors (Lipinski definition) is 0. The van der Waals surface area contributed by atoms with Crippen molar-refractivity contribution < 1.29 is 4.79 Å². The zero-order valence-corrected chi connectivity index (χ0v) is 13.4. The zero-order valence-electron chi connectivity index (χ0n) is 10.3. The van der Waals surface area contributed by atoms with Crippen molar-refractivity contribution in [1.29, 1.82) is 0 Å². The van der Waals surface area contributed by atoms with Crippen molar-refractivity contribution in [2.45, 2.75) is 39.0 Å². The summed E-state index contributed by atoms with van der Waals surface area (Å²) in [5, 5.41) is 0. The molecular formula is C14H16Br2O. The first-order valence-corrected chi connectivity index (χ1v) is 7.51. The molecule has 2 atom stereocenters. The first-order valence-electron chi connectivity index (χ1n) is 5.93.